The third kappa shape index (κ3) is 1.56. The zero-order chi connectivity index (χ0) is 13.5. The highest BCUT2D eigenvalue weighted by atomic mass is 16.5. The highest BCUT2D eigenvalue weighted by Crippen LogP contribution is 2.34. The summed E-state index contributed by atoms with van der Waals surface area (Å²) in [7, 11) is 6.10. The van der Waals surface area contributed by atoms with Crippen molar-refractivity contribution < 1.29 is 4.74 Å². The fourth-order valence-corrected chi connectivity index (χ4v) is 2.51. The first-order valence-corrected chi connectivity index (χ1v) is 6.33. The monoisotopic (exact) mass is 259 g/mol. The molecule has 3 heterocycles. The van der Waals surface area contributed by atoms with Gasteiger partial charge in [0.05, 0.1) is 11.3 Å². The molecule has 0 spiro atoms. The van der Waals surface area contributed by atoms with E-state index < -0.39 is 0 Å². The van der Waals surface area contributed by atoms with Crippen molar-refractivity contribution in [3.8, 4) is 28.4 Å². The molecule has 0 bridgehead atoms. The molecule has 0 atom stereocenters. The maximum absolute atomic E-state index is 6.10. The minimum atomic E-state index is 0.404. The summed E-state index contributed by atoms with van der Waals surface area (Å²) in [5.74, 6) is 1.59. The maximum atomic E-state index is 6.10. The Morgan fingerprint density at radius 3 is 2.85 bits per heavy atom. The lowest BCUT2D eigenvalue weighted by Crippen LogP contribution is -2.15. The van der Waals surface area contributed by atoms with Crippen molar-refractivity contribution in [3.63, 3.8) is 0 Å². The van der Waals surface area contributed by atoms with E-state index in [1.54, 1.807) is 12.4 Å². The molecule has 2 aromatic heterocycles. The molecule has 5 heteroatoms. The van der Waals surface area contributed by atoms with Crippen LogP contribution in [0, 0.1) is 0 Å². The number of imidazole rings is 1. The van der Waals surface area contributed by atoms with Gasteiger partial charge in [0.2, 0.25) is 0 Å². The van der Waals surface area contributed by atoms with Crippen LogP contribution < -0.4 is 10.3 Å². The number of aromatic nitrogens is 3. The number of hydrogen-bond donors (Lipinski definition) is 0. The fraction of sp³-hybridized carbons (Fsp3) is 0.0667. The van der Waals surface area contributed by atoms with Crippen molar-refractivity contribution >= 4 is 13.4 Å². The molecule has 0 N–H and O–H groups in total. The highest BCUT2D eigenvalue weighted by Gasteiger charge is 2.23. The van der Waals surface area contributed by atoms with E-state index in [9.17, 15) is 0 Å². The molecule has 0 saturated carbocycles. The normalized spacial score (nSPS) is 12.4. The lowest BCUT2D eigenvalue weighted by atomic mass is 9.98. The summed E-state index contributed by atoms with van der Waals surface area (Å²) in [6, 6.07) is 11.8. The average Bonchev–Trinajstić information content (AvgIpc) is 2.84. The molecular formula is C15H10BN3O. The number of hydrogen-bond acceptors (Lipinski definition) is 3. The van der Waals surface area contributed by atoms with E-state index in [0.29, 0.717) is 12.3 Å². The Balaban J connectivity index is 1.97. The van der Waals surface area contributed by atoms with Crippen LogP contribution in [0.1, 0.15) is 0 Å². The number of nitrogens with zero attached hydrogens (tertiary/aromatic N) is 3. The predicted molar refractivity (Wildman–Crippen MR) is 76.9 cm³/mol. The molecule has 0 unspecified atom stereocenters. The second kappa shape index (κ2) is 4.23. The van der Waals surface area contributed by atoms with Crippen LogP contribution in [-0.2, 0) is 6.73 Å². The average molecular weight is 259 g/mol. The molecule has 1 aliphatic rings. The van der Waals surface area contributed by atoms with E-state index in [-0.39, 0.29) is 0 Å². The summed E-state index contributed by atoms with van der Waals surface area (Å²) in [6.07, 6.45) is 3.46. The molecule has 4 nitrogen and oxygen atoms in total. The van der Waals surface area contributed by atoms with E-state index in [1.165, 1.54) is 0 Å². The molecule has 0 aliphatic carbocycles. The lowest BCUT2D eigenvalue weighted by molar-refractivity contribution is 0.231. The standard InChI is InChI=1S/C15H10BN3O/c16-14-13(10-4-2-1-3-5-10)19-9-20-12-6-7-17-8-11(12)15(19)18-14/h1-8H,9H2. The Hall–Kier alpha value is -2.56. The largest absolute Gasteiger partial charge is 0.472 e. The van der Waals surface area contributed by atoms with Gasteiger partial charge in [-0.2, -0.15) is 0 Å². The molecule has 20 heavy (non-hydrogen) atoms. The number of rotatable bonds is 1. The van der Waals surface area contributed by atoms with Crippen LogP contribution in [0.25, 0.3) is 22.6 Å². The quantitative estimate of drug-likeness (QED) is 0.625. The van der Waals surface area contributed by atoms with Crippen LogP contribution in [0.3, 0.4) is 0 Å². The second-order valence-corrected chi connectivity index (χ2v) is 4.61. The molecule has 3 aromatic rings. The van der Waals surface area contributed by atoms with Crippen molar-refractivity contribution in [1.82, 2.24) is 14.5 Å². The molecule has 0 fully saturated rings. The van der Waals surface area contributed by atoms with Gasteiger partial charge < -0.3 is 4.74 Å². The van der Waals surface area contributed by atoms with Gasteiger partial charge in [-0.15, -0.1) is 0 Å². The van der Waals surface area contributed by atoms with Gasteiger partial charge >= 0.3 is 0 Å². The number of benzene rings is 1. The molecule has 0 amide bonds. The molecule has 2 radical (unpaired) electrons. The summed E-state index contributed by atoms with van der Waals surface area (Å²) in [4.78, 5) is 8.62. The van der Waals surface area contributed by atoms with Gasteiger partial charge in [0.15, 0.2) is 6.73 Å². The number of fused-ring (bicyclic) bond motifs is 3. The Bertz CT molecular complexity index is 783. The Kier molecular flexibility index (Phi) is 2.39. The second-order valence-electron chi connectivity index (χ2n) is 4.61. The summed E-state index contributed by atoms with van der Waals surface area (Å²) in [5, 5.41) is 0. The predicted octanol–water partition coefficient (Wildman–Crippen LogP) is 1.76. The van der Waals surface area contributed by atoms with Crippen LogP contribution in [0.4, 0.5) is 0 Å². The molecule has 94 valence electrons. The first-order chi connectivity index (χ1) is 9.84. The van der Waals surface area contributed by atoms with Crippen molar-refractivity contribution in [2.75, 3.05) is 0 Å². The Morgan fingerprint density at radius 2 is 2.00 bits per heavy atom. The first-order valence-electron chi connectivity index (χ1n) is 6.33. The van der Waals surface area contributed by atoms with Crippen molar-refractivity contribution in [2.24, 2.45) is 0 Å². The summed E-state index contributed by atoms with van der Waals surface area (Å²) < 4.78 is 7.73. The zero-order valence-electron chi connectivity index (χ0n) is 10.7. The van der Waals surface area contributed by atoms with Crippen molar-refractivity contribution in [2.45, 2.75) is 6.73 Å². The van der Waals surface area contributed by atoms with E-state index >= 15 is 0 Å². The molecule has 4 rings (SSSR count). The molecule has 1 aromatic carbocycles. The minimum Gasteiger partial charge on any atom is -0.472 e. The first kappa shape index (κ1) is 11.3. The summed E-state index contributed by atoms with van der Waals surface area (Å²) in [5.41, 5.74) is 3.29. The Morgan fingerprint density at radius 1 is 1.15 bits per heavy atom. The molecule has 1 aliphatic heterocycles. The van der Waals surface area contributed by atoms with Crippen LogP contribution in [0.5, 0.6) is 5.75 Å². The molecule has 0 saturated heterocycles. The highest BCUT2D eigenvalue weighted by molar-refractivity contribution is 6.34. The van der Waals surface area contributed by atoms with E-state index in [4.69, 9.17) is 12.6 Å². The minimum absolute atomic E-state index is 0.404. The van der Waals surface area contributed by atoms with Gasteiger partial charge in [0.1, 0.15) is 19.4 Å². The van der Waals surface area contributed by atoms with Gasteiger partial charge in [-0.3, -0.25) is 9.55 Å². The van der Waals surface area contributed by atoms with Crippen LogP contribution in [0.2, 0.25) is 0 Å². The summed E-state index contributed by atoms with van der Waals surface area (Å²) in [6.45, 7) is 0.404. The van der Waals surface area contributed by atoms with Gasteiger partial charge in [0, 0.05) is 18.0 Å². The smallest absolute Gasteiger partial charge is 0.166 e. The summed E-state index contributed by atoms with van der Waals surface area (Å²) >= 11 is 0. The fourth-order valence-electron chi connectivity index (χ4n) is 2.51. The van der Waals surface area contributed by atoms with Crippen LogP contribution in [0.15, 0.2) is 48.8 Å². The van der Waals surface area contributed by atoms with E-state index in [1.807, 2.05) is 41.0 Å². The van der Waals surface area contributed by atoms with Gasteiger partial charge in [0.25, 0.3) is 0 Å². The topological polar surface area (TPSA) is 39.9 Å². The maximum Gasteiger partial charge on any atom is 0.166 e. The zero-order valence-corrected chi connectivity index (χ0v) is 10.7. The van der Waals surface area contributed by atoms with Crippen molar-refractivity contribution in [3.05, 3.63) is 48.8 Å². The third-order valence-electron chi connectivity index (χ3n) is 3.41. The Labute approximate surface area is 117 Å². The third-order valence-corrected chi connectivity index (χ3v) is 3.41. The van der Waals surface area contributed by atoms with E-state index in [2.05, 4.69) is 9.97 Å². The van der Waals surface area contributed by atoms with Gasteiger partial charge in [-0.1, -0.05) is 30.3 Å². The van der Waals surface area contributed by atoms with Crippen LogP contribution in [-0.4, -0.2) is 22.4 Å². The number of pyridine rings is 1. The number of ether oxygens (including phenoxy) is 1. The van der Waals surface area contributed by atoms with Gasteiger partial charge in [-0.25, -0.2) is 4.98 Å². The van der Waals surface area contributed by atoms with Gasteiger partial charge in [-0.05, 0) is 11.6 Å². The lowest BCUT2D eigenvalue weighted by Gasteiger charge is -2.20. The van der Waals surface area contributed by atoms with E-state index in [0.717, 1.165) is 28.4 Å². The SMILES string of the molecule is [B]c1nc2n(c1-c1ccccc1)COc1ccncc1-2. The van der Waals surface area contributed by atoms with Crippen molar-refractivity contribution in [1.29, 1.82) is 0 Å². The molecular weight excluding hydrogens is 249 g/mol. The van der Waals surface area contributed by atoms with Crippen LogP contribution >= 0.6 is 0 Å².